The highest BCUT2D eigenvalue weighted by Gasteiger charge is 2.52. The van der Waals surface area contributed by atoms with Crippen LogP contribution in [0.15, 0.2) is 60.8 Å². The van der Waals surface area contributed by atoms with Gasteiger partial charge in [0.25, 0.3) is 11.8 Å². The maximum Gasteiger partial charge on any atom is 0.409 e. The molecule has 3 aromatic carbocycles. The number of carbonyl (C=O) groups is 5. The molecule has 17 nitrogen and oxygen atoms in total. The molecule has 5 aromatic rings. The summed E-state index contributed by atoms with van der Waals surface area (Å²) in [7, 11) is 1.71. The Morgan fingerprint density at radius 2 is 1.80 bits per heavy atom. The van der Waals surface area contributed by atoms with Crippen molar-refractivity contribution in [2.24, 2.45) is 0 Å². The molecule has 2 aromatic heterocycles. The zero-order chi connectivity index (χ0) is 52.3. The van der Waals surface area contributed by atoms with E-state index in [2.05, 4.69) is 42.9 Å². The fourth-order valence-corrected chi connectivity index (χ4v) is 12.4. The number of pyridine rings is 1. The molecule has 75 heavy (non-hydrogen) atoms. The van der Waals surface area contributed by atoms with Crippen molar-refractivity contribution in [1.82, 2.24) is 40.3 Å². The van der Waals surface area contributed by atoms with Crippen LogP contribution in [0.1, 0.15) is 102 Å². The number of anilines is 1. The van der Waals surface area contributed by atoms with Crippen LogP contribution in [0.4, 0.5) is 19.4 Å². The Hall–Kier alpha value is -7.56. The number of unbranched alkanes of at least 4 members (excludes halogenated alkanes) is 3. The topological polar surface area (TPSA) is 200 Å². The lowest BCUT2D eigenvalue weighted by Gasteiger charge is -2.35. The van der Waals surface area contributed by atoms with Crippen LogP contribution in [0, 0.1) is 24.0 Å². The van der Waals surface area contributed by atoms with Crippen LogP contribution in [0.3, 0.4) is 0 Å². The van der Waals surface area contributed by atoms with Crippen molar-refractivity contribution < 1.29 is 47.3 Å². The summed E-state index contributed by atoms with van der Waals surface area (Å²) in [4.78, 5) is 85.4. The highest BCUT2D eigenvalue weighted by atomic mass is 19.1. The number of carbonyl (C=O) groups excluding carboxylic acids is 5. The lowest BCUT2D eigenvalue weighted by Crippen LogP contribution is -2.54. The van der Waals surface area contributed by atoms with Gasteiger partial charge in [0.1, 0.15) is 47.9 Å². The number of nitrogens with zero attached hydrogens (tertiary/aromatic N) is 7. The summed E-state index contributed by atoms with van der Waals surface area (Å²) >= 11 is 0. The highest BCUT2D eigenvalue weighted by Crippen LogP contribution is 2.45. The van der Waals surface area contributed by atoms with Crippen LogP contribution in [0.2, 0.25) is 0 Å². The number of phenols is 1. The summed E-state index contributed by atoms with van der Waals surface area (Å²) in [5, 5.41) is 17.6. The number of piperidine rings is 1. The second-order valence-corrected chi connectivity index (χ2v) is 20.9. The number of rotatable bonds is 15. The molecule has 0 aliphatic carbocycles. The number of aromatic nitrogens is 3. The Balaban J connectivity index is 0.724. The van der Waals surface area contributed by atoms with Crippen molar-refractivity contribution in [2.75, 3.05) is 51.3 Å². The summed E-state index contributed by atoms with van der Waals surface area (Å²) in [5.41, 5.74) is 1.67. The van der Waals surface area contributed by atoms with Crippen molar-refractivity contribution in [2.45, 2.75) is 107 Å². The van der Waals surface area contributed by atoms with Gasteiger partial charge in [-0.25, -0.2) is 13.6 Å². The number of aryl methyl sites for hydroxylation is 1. The number of imide groups is 2. The number of piperazine rings is 1. The van der Waals surface area contributed by atoms with E-state index in [9.17, 15) is 29.1 Å². The van der Waals surface area contributed by atoms with E-state index in [1.165, 1.54) is 30.5 Å². The molecule has 11 rings (SSSR count). The molecule has 0 spiro atoms. The average molecular weight is 1020 g/mol. The Kier molecular flexibility index (Phi) is 13.2. The van der Waals surface area contributed by atoms with Crippen LogP contribution >= 0.6 is 0 Å². The van der Waals surface area contributed by atoms with Gasteiger partial charge < -0.3 is 29.7 Å². The number of terminal acetylenes is 1. The van der Waals surface area contributed by atoms with Crippen molar-refractivity contribution in [1.29, 1.82) is 0 Å². The molecule has 3 unspecified atom stereocenters. The van der Waals surface area contributed by atoms with E-state index in [1.807, 2.05) is 6.07 Å². The first-order valence-electron chi connectivity index (χ1n) is 25.8. The molecule has 6 aliphatic heterocycles. The number of halogens is 2. The summed E-state index contributed by atoms with van der Waals surface area (Å²) < 4.78 is 44.8. The third-order valence-corrected chi connectivity index (χ3v) is 16.0. The maximum absolute atomic E-state index is 17.2. The molecule has 5 amide bonds. The molecule has 0 radical (unpaired) electrons. The molecule has 19 heteroatoms. The fraction of sp³-hybridized carbons (Fsp3) is 0.429. The summed E-state index contributed by atoms with van der Waals surface area (Å²) in [5.74, 6) is -0.854. The van der Waals surface area contributed by atoms with Gasteiger partial charge >= 0.3 is 12.1 Å². The van der Waals surface area contributed by atoms with Gasteiger partial charge in [0.2, 0.25) is 11.8 Å². The number of amides is 5. The molecular weight excluding hydrogens is 965 g/mol. The second kappa shape index (κ2) is 19.9. The van der Waals surface area contributed by atoms with Crippen LogP contribution in [-0.2, 0) is 20.7 Å². The molecular formula is C56H57F2N9O8. The van der Waals surface area contributed by atoms with Crippen LogP contribution in [0.5, 0.6) is 11.8 Å². The highest BCUT2D eigenvalue weighted by molar-refractivity contribution is 6.24. The molecule has 388 valence electrons. The van der Waals surface area contributed by atoms with Gasteiger partial charge in [0.05, 0.1) is 27.6 Å². The number of fused-ring (bicyclic) bond motifs is 6. The van der Waals surface area contributed by atoms with E-state index in [1.54, 1.807) is 24.1 Å². The van der Waals surface area contributed by atoms with E-state index in [4.69, 9.17) is 20.9 Å². The molecule has 8 heterocycles. The number of nitrogens with one attached hydrogen (secondary N) is 2. The maximum atomic E-state index is 17.2. The zero-order valence-electron chi connectivity index (χ0n) is 41.6. The van der Waals surface area contributed by atoms with Gasteiger partial charge in [-0.1, -0.05) is 49.1 Å². The predicted octanol–water partition coefficient (Wildman–Crippen LogP) is 6.57. The summed E-state index contributed by atoms with van der Waals surface area (Å²) in [6, 6.07) is 9.93. The molecule has 0 saturated carbocycles. The molecule has 5 saturated heterocycles. The van der Waals surface area contributed by atoms with Gasteiger partial charge in [-0.05, 0) is 93.0 Å². The standard InChI is InChI=1S/C56H57F2N9O8/c1-4-38-42(57)16-13-33-22-37(68)23-40(45(33)38)48-47(58)49-41(25-59-48)50(65-27-34-14-15-35(28-65)60-34)63-54(62-49)75-30-56-20-19-36(66(56)26-31(2)24-56)29-74-55(73)64(3)21-8-6-5-7-10-32-11-9-12-39-46(32)53(72)67(52(39)71)43-17-18-44(69)61-51(43)70/h1,9,11-13,16,22-23,25,34-36,43,60,68H,2,5-8,10,14-15,17-21,24,26-30H2,3H3,(H,61,69,70)/t34?,35?,36-,43?,56-/m0/s1. The first-order chi connectivity index (χ1) is 36.2. The van der Waals surface area contributed by atoms with Gasteiger partial charge in [-0.2, -0.15) is 9.97 Å². The van der Waals surface area contributed by atoms with Crippen molar-refractivity contribution >= 4 is 57.2 Å². The van der Waals surface area contributed by atoms with Crippen LogP contribution in [0.25, 0.3) is 32.9 Å². The van der Waals surface area contributed by atoms with Gasteiger partial charge in [0.15, 0.2) is 5.82 Å². The van der Waals surface area contributed by atoms with E-state index in [0.717, 1.165) is 67.4 Å². The first kappa shape index (κ1) is 49.6. The van der Waals surface area contributed by atoms with E-state index >= 15 is 8.78 Å². The molecule has 6 aliphatic rings. The Morgan fingerprint density at radius 3 is 2.59 bits per heavy atom. The molecule has 5 atom stereocenters. The third kappa shape index (κ3) is 9.17. The minimum atomic E-state index is -1.02. The number of aromatic hydroxyl groups is 1. The Labute approximate surface area is 431 Å². The summed E-state index contributed by atoms with van der Waals surface area (Å²) in [6.07, 6.45) is 14.8. The number of hydrogen-bond donors (Lipinski definition) is 3. The van der Waals surface area contributed by atoms with Crippen LogP contribution in [-0.4, -0.2) is 141 Å². The predicted molar refractivity (Wildman–Crippen MR) is 273 cm³/mol. The molecule has 5 fully saturated rings. The Morgan fingerprint density at radius 1 is 1.00 bits per heavy atom. The minimum absolute atomic E-state index is 0.0209. The average Bonchev–Trinajstić information content (AvgIpc) is 4.11. The summed E-state index contributed by atoms with van der Waals surface area (Å²) in [6.45, 7) is 7.01. The smallest absolute Gasteiger partial charge is 0.409 e. The third-order valence-electron chi connectivity index (χ3n) is 16.0. The van der Waals surface area contributed by atoms with Gasteiger partial charge in [-0.15, -0.1) is 6.42 Å². The number of ether oxygens (including phenoxy) is 2. The van der Waals surface area contributed by atoms with Gasteiger partial charge in [-0.3, -0.25) is 39.3 Å². The van der Waals surface area contributed by atoms with Crippen molar-refractivity contribution in [3.63, 3.8) is 0 Å². The van der Waals surface area contributed by atoms with E-state index < -0.39 is 52.9 Å². The number of phenolic OH excluding ortho intramolecular Hbond substituents is 1. The second-order valence-electron chi connectivity index (χ2n) is 20.9. The van der Waals surface area contributed by atoms with Crippen molar-refractivity contribution in [3.05, 3.63) is 94.7 Å². The lowest BCUT2D eigenvalue weighted by atomic mass is 9.94. The largest absolute Gasteiger partial charge is 0.508 e. The lowest BCUT2D eigenvalue weighted by molar-refractivity contribution is -0.136. The SMILES string of the molecule is C#Cc1c(F)ccc2cc(O)cc(-c3ncc4c(N5CC6CCC(C5)N6)nc(OC[C@@]56CC[C@@H](COC(=O)N(C)CCCCCCc7cccc8c7C(=O)N(C7CCC(=O)NC7=O)C8=O)N5CC(=C)C6)nc4c3F)c12. The van der Waals surface area contributed by atoms with E-state index in [0.29, 0.717) is 61.2 Å². The zero-order valence-corrected chi connectivity index (χ0v) is 41.6. The van der Waals surface area contributed by atoms with Crippen molar-refractivity contribution in [3.8, 4) is 35.4 Å². The monoisotopic (exact) mass is 1020 g/mol. The van der Waals surface area contributed by atoms with E-state index in [-0.39, 0.29) is 89.2 Å². The van der Waals surface area contributed by atoms with Crippen LogP contribution < -0.4 is 20.3 Å². The normalized spacial score (nSPS) is 23.3. The first-order valence-corrected chi connectivity index (χ1v) is 25.8. The fourth-order valence-electron chi connectivity index (χ4n) is 12.4. The number of hydrogen-bond acceptors (Lipinski definition) is 14. The molecule has 2 bridgehead atoms. The molecule has 3 N–H and O–H groups in total. The quantitative estimate of drug-likeness (QED) is 0.0441. The minimum Gasteiger partial charge on any atom is -0.508 e. The number of benzene rings is 3. The van der Waals surface area contributed by atoms with Gasteiger partial charge in [0, 0.05) is 74.9 Å². The Bertz CT molecular complexity index is 3260.